The number of aliphatic hydroxyl groups is 1. The first-order valence-electron chi connectivity index (χ1n) is 6.01. The van der Waals surface area contributed by atoms with Crippen LogP contribution in [0.5, 0.6) is 5.75 Å². The molecule has 2 nitrogen and oxygen atoms in total. The molecule has 0 spiro atoms. The van der Waals surface area contributed by atoms with Crippen molar-refractivity contribution in [2.75, 3.05) is 0 Å². The van der Waals surface area contributed by atoms with E-state index in [1.807, 2.05) is 0 Å². The van der Waals surface area contributed by atoms with Gasteiger partial charge in [0.15, 0.2) is 0 Å². The number of hydrogen-bond acceptors (Lipinski definition) is 2. The number of aliphatic hydroxyl groups excluding tert-OH is 1. The zero-order valence-electron chi connectivity index (χ0n) is 10.7. The van der Waals surface area contributed by atoms with Crippen molar-refractivity contribution in [2.24, 2.45) is 0 Å². The molecule has 2 aromatic carbocycles. The summed E-state index contributed by atoms with van der Waals surface area (Å²) in [5, 5.41) is 10.1. The molecule has 0 unspecified atom stereocenters. The lowest BCUT2D eigenvalue weighted by molar-refractivity contribution is 0.190. The molecule has 2 aromatic rings. The van der Waals surface area contributed by atoms with E-state index in [0.717, 1.165) is 6.07 Å². The summed E-state index contributed by atoms with van der Waals surface area (Å²) in [6.07, 6.45) is -0.762. The molecule has 0 aliphatic heterocycles. The Balaban J connectivity index is 2.18. The highest BCUT2D eigenvalue weighted by Gasteiger charge is 2.11. The average Bonchev–Trinajstić information content (AvgIpc) is 2.38. The van der Waals surface area contributed by atoms with Gasteiger partial charge in [-0.25, -0.2) is 8.78 Å². The lowest BCUT2D eigenvalue weighted by Crippen LogP contribution is -2.03. The minimum atomic E-state index is -0.762. The molecule has 0 bridgehead atoms. The number of rotatable bonds is 4. The summed E-state index contributed by atoms with van der Waals surface area (Å²) < 4.78 is 31.8. The molecular formula is C15H13ClF2O2. The van der Waals surface area contributed by atoms with Crippen molar-refractivity contribution < 1.29 is 18.6 Å². The van der Waals surface area contributed by atoms with E-state index in [4.69, 9.17) is 16.3 Å². The summed E-state index contributed by atoms with van der Waals surface area (Å²) in [5.74, 6) is -0.895. The van der Waals surface area contributed by atoms with Gasteiger partial charge in [-0.05, 0) is 37.3 Å². The van der Waals surface area contributed by atoms with Crippen LogP contribution in [0.3, 0.4) is 0 Å². The Morgan fingerprint density at radius 1 is 1.20 bits per heavy atom. The number of ether oxygens (including phenoxy) is 1. The number of halogens is 3. The molecule has 0 aliphatic rings. The van der Waals surface area contributed by atoms with E-state index in [1.165, 1.54) is 12.1 Å². The SMILES string of the molecule is C[C@H](O)c1cc(Cl)ccc1OCc1ccc(F)cc1F. The largest absolute Gasteiger partial charge is 0.488 e. The van der Waals surface area contributed by atoms with Gasteiger partial charge in [0.25, 0.3) is 0 Å². The summed E-state index contributed by atoms with van der Waals surface area (Å²) in [5.41, 5.74) is 0.748. The van der Waals surface area contributed by atoms with Gasteiger partial charge in [-0.2, -0.15) is 0 Å². The van der Waals surface area contributed by atoms with Crippen molar-refractivity contribution in [3.63, 3.8) is 0 Å². The molecule has 0 radical (unpaired) electrons. The normalized spacial score (nSPS) is 12.2. The fraction of sp³-hybridized carbons (Fsp3) is 0.200. The molecular weight excluding hydrogens is 286 g/mol. The number of hydrogen-bond donors (Lipinski definition) is 1. The molecule has 0 aromatic heterocycles. The fourth-order valence-corrected chi connectivity index (χ4v) is 1.95. The molecule has 20 heavy (non-hydrogen) atoms. The average molecular weight is 299 g/mol. The zero-order chi connectivity index (χ0) is 14.7. The van der Waals surface area contributed by atoms with E-state index < -0.39 is 17.7 Å². The molecule has 2 rings (SSSR count). The van der Waals surface area contributed by atoms with Crippen LogP contribution in [0.15, 0.2) is 36.4 Å². The molecule has 0 fully saturated rings. The second-order valence-electron chi connectivity index (χ2n) is 4.38. The molecule has 106 valence electrons. The third-order valence-corrected chi connectivity index (χ3v) is 3.06. The van der Waals surface area contributed by atoms with E-state index in [-0.39, 0.29) is 12.2 Å². The van der Waals surface area contributed by atoms with Gasteiger partial charge in [-0.15, -0.1) is 0 Å². The maximum Gasteiger partial charge on any atom is 0.132 e. The quantitative estimate of drug-likeness (QED) is 0.914. The first-order chi connectivity index (χ1) is 9.47. The summed E-state index contributed by atoms with van der Waals surface area (Å²) in [7, 11) is 0. The van der Waals surface area contributed by atoms with Crippen LogP contribution in [0.4, 0.5) is 8.78 Å². The molecule has 0 amide bonds. The third kappa shape index (κ3) is 3.46. The molecule has 1 atom stereocenters. The summed E-state index contributed by atoms with van der Waals surface area (Å²) >= 11 is 5.85. The van der Waals surface area contributed by atoms with Gasteiger partial charge in [0.05, 0.1) is 6.10 Å². The lowest BCUT2D eigenvalue weighted by atomic mass is 10.1. The van der Waals surface area contributed by atoms with Crippen molar-refractivity contribution in [1.29, 1.82) is 0 Å². The van der Waals surface area contributed by atoms with Gasteiger partial charge >= 0.3 is 0 Å². The van der Waals surface area contributed by atoms with E-state index in [2.05, 4.69) is 0 Å². The Morgan fingerprint density at radius 3 is 2.60 bits per heavy atom. The molecule has 1 N–H and O–H groups in total. The van der Waals surface area contributed by atoms with Gasteiger partial charge in [0.1, 0.15) is 24.0 Å². The molecule has 5 heteroatoms. The van der Waals surface area contributed by atoms with Crippen LogP contribution in [0.1, 0.15) is 24.2 Å². The van der Waals surface area contributed by atoms with Crippen molar-refractivity contribution in [3.05, 3.63) is 64.2 Å². The van der Waals surface area contributed by atoms with Crippen LogP contribution < -0.4 is 4.74 Å². The second kappa shape index (κ2) is 6.20. The van der Waals surface area contributed by atoms with Gasteiger partial charge < -0.3 is 9.84 Å². The monoisotopic (exact) mass is 298 g/mol. The lowest BCUT2D eigenvalue weighted by Gasteiger charge is -2.14. The van der Waals surface area contributed by atoms with Crippen LogP contribution in [0.25, 0.3) is 0 Å². The Kier molecular flexibility index (Phi) is 4.57. The van der Waals surface area contributed by atoms with Gasteiger partial charge in [0, 0.05) is 22.2 Å². The van der Waals surface area contributed by atoms with Crippen LogP contribution in [0.2, 0.25) is 5.02 Å². The fourth-order valence-electron chi connectivity index (χ4n) is 1.77. The minimum absolute atomic E-state index is 0.0620. The van der Waals surface area contributed by atoms with Crippen LogP contribution in [-0.4, -0.2) is 5.11 Å². The van der Waals surface area contributed by atoms with Gasteiger partial charge in [-0.1, -0.05) is 11.6 Å². The number of benzene rings is 2. The zero-order valence-corrected chi connectivity index (χ0v) is 11.5. The first-order valence-corrected chi connectivity index (χ1v) is 6.39. The molecule has 0 aliphatic carbocycles. The smallest absolute Gasteiger partial charge is 0.132 e. The first kappa shape index (κ1) is 14.8. The Labute approximate surface area is 120 Å². The minimum Gasteiger partial charge on any atom is -0.488 e. The summed E-state index contributed by atoms with van der Waals surface area (Å²) in [4.78, 5) is 0. The molecule has 0 saturated carbocycles. The summed E-state index contributed by atoms with van der Waals surface area (Å²) in [6, 6.07) is 8.09. The van der Waals surface area contributed by atoms with Crippen molar-refractivity contribution in [2.45, 2.75) is 19.6 Å². The van der Waals surface area contributed by atoms with Gasteiger partial charge in [-0.3, -0.25) is 0 Å². The van der Waals surface area contributed by atoms with Crippen LogP contribution in [-0.2, 0) is 6.61 Å². The van der Waals surface area contributed by atoms with Crippen LogP contribution in [0, 0.1) is 11.6 Å². The second-order valence-corrected chi connectivity index (χ2v) is 4.82. The molecule has 0 heterocycles. The van der Waals surface area contributed by atoms with Crippen LogP contribution >= 0.6 is 11.6 Å². The van der Waals surface area contributed by atoms with Crippen molar-refractivity contribution >= 4 is 11.6 Å². The highest BCUT2D eigenvalue weighted by molar-refractivity contribution is 6.30. The Morgan fingerprint density at radius 2 is 1.95 bits per heavy atom. The highest BCUT2D eigenvalue weighted by Crippen LogP contribution is 2.29. The maximum absolute atomic E-state index is 13.5. The van der Waals surface area contributed by atoms with E-state index in [1.54, 1.807) is 25.1 Å². The van der Waals surface area contributed by atoms with Crippen molar-refractivity contribution in [3.8, 4) is 5.75 Å². The topological polar surface area (TPSA) is 29.5 Å². The van der Waals surface area contributed by atoms with E-state index in [0.29, 0.717) is 16.3 Å². The van der Waals surface area contributed by atoms with Crippen molar-refractivity contribution in [1.82, 2.24) is 0 Å². The van der Waals surface area contributed by atoms with Gasteiger partial charge in [0.2, 0.25) is 0 Å². The van der Waals surface area contributed by atoms with E-state index >= 15 is 0 Å². The highest BCUT2D eigenvalue weighted by atomic mass is 35.5. The summed E-state index contributed by atoms with van der Waals surface area (Å²) in [6.45, 7) is 1.52. The maximum atomic E-state index is 13.5. The Bertz CT molecular complexity index is 615. The van der Waals surface area contributed by atoms with E-state index in [9.17, 15) is 13.9 Å². The predicted molar refractivity (Wildman–Crippen MR) is 72.8 cm³/mol. The third-order valence-electron chi connectivity index (χ3n) is 2.82. The Hall–Kier alpha value is -1.65. The molecule has 0 saturated heterocycles. The standard InChI is InChI=1S/C15H13ClF2O2/c1-9(19)13-6-11(16)3-5-15(13)20-8-10-2-4-12(17)7-14(10)18/h2-7,9,19H,8H2,1H3/t9-/m0/s1. The predicted octanol–water partition coefficient (Wildman–Crippen LogP) is 4.25.